The molecule has 0 aromatic heterocycles. The van der Waals surface area contributed by atoms with Crippen LogP contribution in [0.4, 0.5) is 15.3 Å². The summed E-state index contributed by atoms with van der Waals surface area (Å²) >= 11 is 0. The zero-order valence-corrected chi connectivity index (χ0v) is 16.7. The van der Waals surface area contributed by atoms with Gasteiger partial charge in [0.05, 0.1) is 5.75 Å². The minimum Gasteiger partial charge on any atom is -0.337 e. The van der Waals surface area contributed by atoms with E-state index in [-0.39, 0.29) is 11.7 Å². The molecule has 0 spiro atoms. The van der Waals surface area contributed by atoms with Gasteiger partial charge in [-0.25, -0.2) is 9.59 Å². The molecule has 10 heteroatoms. The van der Waals surface area contributed by atoms with Crippen molar-refractivity contribution in [2.24, 2.45) is 0 Å². The minimum atomic E-state index is -0.581. The molecule has 1 aromatic rings. The number of imide groups is 2. The summed E-state index contributed by atoms with van der Waals surface area (Å²) in [7, 11) is 2.66. The lowest BCUT2D eigenvalue weighted by Gasteiger charge is -2.07. The molecular formula is C17H24N4O4S2. The summed E-state index contributed by atoms with van der Waals surface area (Å²) in [5, 5.41) is 9.61. The summed E-state index contributed by atoms with van der Waals surface area (Å²) in [6, 6.07) is 7.72. The number of urea groups is 2. The fourth-order valence-electron chi connectivity index (χ4n) is 1.78. The van der Waals surface area contributed by atoms with E-state index in [1.54, 1.807) is 24.3 Å². The van der Waals surface area contributed by atoms with Crippen LogP contribution in [0.15, 0.2) is 30.3 Å². The Morgan fingerprint density at radius 2 is 1.63 bits per heavy atom. The van der Waals surface area contributed by atoms with E-state index in [1.165, 1.54) is 21.6 Å². The average molecular weight is 413 g/mol. The summed E-state index contributed by atoms with van der Waals surface area (Å²) in [6.45, 7) is 2.33. The molecule has 148 valence electrons. The number of benzene rings is 1. The second-order valence-electron chi connectivity index (χ2n) is 5.36. The molecule has 0 bridgehead atoms. The first-order valence-corrected chi connectivity index (χ1v) is 11.0. The van der Waals surface area contributed by atoms with Crippen molar-refractivity contribution in [2.75, 3.05) is 23.4 Å². The molecule has 0 fully saturated rings. The highest BCUT2D eigenvalue weighted by Gasteiger charge is 2.09. The average Bonchev–Trinajstić information content (AvgIpc) is 2.63. The van der Waals surface area contributed by atoms with Crippen LogP contribution in [0.25, 0.3) is 0 Å². The molecule has 0 aliphatic rings. The molecule has 0 unspecified atom stereocenters. The van der Waals surface area contributed by atoms with E-state index in [1.807, 2.05) is 13.0 Å². The zero-order valence-electron chi connectivity index (χ0n) is 15.1. The van der Waals surface area contributed by atoms with Gasteiger partial charge in [0.25, 0.3) is 0 Å². The monoisotopic (exact) mass is 412 g/mol. The van der Waals surface area contributed by atoms with Gasteiger partial charge in [-0.3, -0.25) is 20.2 Å². The van der Waals surface area contributed by atoms with Crippen molar-refractivity contribution in [1.82, 2.24) is 16.0 Å². The number of hydrogen-bond donors (Lipinski definition) is 4. The van der Waals surface area contributed by atoms with Crippen LogP contribution >= 0.6 is 21.6 Å². The topological polar surface area (TPSA) is 116 Å². The fourth-order valence-corrected chi connectivity index (χ4v) is 3.52. The van der Waals surface area contributed by atoms with Crippen molar-refractivity contribution in [1.29, 1.82) is 0 Å². The van der Waals surface area contributed by atoms with Crippen molar-refractivity contribution >= 4 is 51.2 Å². The Morgan fingerprint density at radius 1 is 0.926 bits per heavy atom. The lowest BCUT2D eigenvalue weighted by atomic mass is 10.2. The number of hydrogen-bond acceptors (Lipinski definition) is 6. The highest BCUT2D eigenvalue weighted by Crippen LogP contribution is 2.19. The summed E-state index contributed by atoms with van der Waals surface area (Å²) in [5.41, 5.74) is 0.599. The Bertz CT molecular complexity index is 629. The number of amides is 6. The molecule has 27 heavy (non-hydrogen) atoms. The normalized spacial score (nSPS) is 9.96. The Kier molecular flexibility index (Phi) is 11.8. The number of para-hydroxylation sites is 1. The van der Waals surface area contributed by atoms with Crippen LogP contribution in [-0.4, -0.2) is 41.9 Å². The largest absolute Gasteiger partial charge is 0.337 e. The molecule has 0 aliphatic heterocycles. The number of unbranched alkanes of at least 4 members (excludes halogenated alkanes) is 1. The molecule has 0 saturated heterocycles. The SMILES string of the molecule is CCCCC(=O)NC(=O)NCCSSCC(=O)NC(=O)Nc1ccccc1. The summed E-state index contributed by atoms with van der Waals surface area (Å²) in [5.74, 6) is -0.0331. The second-order valence-corrected chi connectivity index (χ2v) is 7.94. The lowest BCUT2D eigenvalue weighted by molar-refractivity contribution is -0.120. The highest BCUT2D eigenvalue weighted by atomic mass is 33.1. The molecular weight excluding hydrogens is 388 g/mol. The fraction of sp³-hybridized carbons (Fsp3) is 0.412. The smallest absolute Gasteiger partial charge is 0.325 e. The van der Waals surface area contributed by atoms with Crippen LogP contribution in [-0.2, 0) is 9.59 Å². The molecule has 4 N–H and O–H groups in total. The molecule has 0 aliphatic carbocycles. The van der Waals surface area contributed by atoms with E-state index in [0.717, 1.165) is 12.8 Å². The van der Waals surface area contributed by atoms with Gasteiger partial charge >= 0.3 is 12.1 Å². The van der Waals surface area contributed by atoms with Crippen molar-refractivity contribution in [3.05, 3.63) is 30.3 Å². The van der Waals surface area contributed by atoms with Gasteiger partial charge in [0, 0.05) is 24.4 Å². The maximum Gasteiger partial charge on any atom is 0.325 e. The van der Waals surface area contributed by atoms with E-state index in [2.05, 4.69) is 21.3 Å². The lowest BCUT2D eigenvalue weighted by Crippen LogP contribution is -2.40. The second kappa shape index (κ2) is 13.9. The molecule has 0 atom stereocenters. The minimum absolute atomic E-state index is 0.106. The molecule has 1 rings (SSSR count). The van der Waals surface area contributed by atoms with Gasteiger partial charge in [-0.05, 0) is 18.6 Å². The van der Waals surface area contributed by atoms with Gasteiger partial charge < -0.3 is 10.6 Å². The number of carbonyl (C=O) groups excluding carboxylic acids is 4. The quantitative estimate of drug-likeness (QED) is 0.347. The van der Waals surface area contributed by atoms with E-state index in [0.29, 0.717) is 24.4 Å². The van der Waals surface area contributed by atoms with Gasteiger partial charge in [0.15, 0.2) is 0 Å². The highest BCUT2D eigenvalue weighted by molar-refractivity contribution is 8.76. The van der Waals surface area contributed by atoms with Crippen LogP contribution < -0.4 is 21.3 Å². The van der Waals surface area contributed by atoms with Gasteiger partial charge in [0.2, 0.25) is 11.8 Å². The number of anilines is 1. The molecule has 0 radical (unpaired) electrons. The van der Waals surface area contributed by atoms with Crippen LogP contribution in [0.5, 0.6) is 0 Å². The Morgan fingerprint density at radius 3 is 2.33 bits per heavy atom. The Hall–Kier alpha value is -2.20. The maximum absolute atomic E-state index is 11.7. The van der Waals surface area contributed by atoms with E-state index in [4.69, 9.17) is 0 Å². The first kappa shape index (κ1) is 22.8. The van der Waals surface area contributed by atoms with Gasteiger partial charge in [-0.1, -0.05) is 53.1 Å². The van der Waals surface area contributed by atoms with E-state index < -0.39 is 18.0 Å². The van der Waals surface area contributed by atoms with Crippen LogP contribution in [0.3, 0.4) is 0 Å². The van der Waals surface area contributed by atoms with Crippen LogP contribution in [0, 0.1) is 0 Å². The molecule has 0 saturated carbocycles. The van der Waals surface area contributed by atoms with Crippen LogP contribution in [0.2, 0.25) is 0 Å². The number of carbonyl (C=O) groups is 4. The summed E-state index contributed by atoms with van der Waals surface area (Å²) in [6.07, 6.45) is 1.98. The third-order valence-electron chi connectivity index (χ3n) is 3.04. The number of rotatable bonds is 10. The Balaban J connectivity index is 2.04. The third kappa shape index (κ3) is 11.9. The van der Waals surface area contributed by atoms with E-state index >= 15 is 0 Å². The number of nitrogens with one attached hydrogen (secondary N) is 4. The van der Waals surface area contributed by atoms with Gasteiger partial charge in [0.1, 0.15) is 0 Å². The Labute approximate surface area is 166 Å². The van der Waals surface area contributed by atoms with Gasteiger partial charge in [-0.15, -0.1) is 0 Å². The molecule has 1 aromatic carbocycles. The zero-order chi connectivity index (χ0) is 19.9. The van der Waals surface area contributed by atoms with Gasteiger partial charge in [-0.2, -0.15) is 0 Å². The van der Waals surface area contributed by atoms with Crippen LogP contribution in [0.1, 0.15) is 26.2 Å². The maximum atomic E-state index is 11.7. The first-order chi connectivity index (χ1) is 13.0. The molecule has 8 nitrogen and oxygen atoms in total. The third-order valence-corrected chi connectivity index (χ3v) is 5.31. The predicted octanol–water partition coefficient (Wildman–Crippen LogP) is 2.73. The van der Waals surface area contributed by atoms with Crippen molar-refractivity contribution in [3.8, 4) is 0 Å². The predicted molar refractivity (Wildman–Crippen MR) is 110 cm³/mol. The van der Waals surface area contributed by atoms with Crippen molar-refractivity contribution in [2.45, 2.75) is 26.2 Å². The van der Waals surface area contributed by atoms with E-state index in [9.17, 15) is 19.2 Å². The summed E-state index contributed by atoms with van der Waals surface area (Å²) < 4.78 is 0. The van der Waals surface area contributed by atoms with Crippen molar-refractivity contribution in [3.63, 3.8) is 0 Å². The first-order valence-electron chi connectivity index (χ1n) is 8.49. The standard InChI is InChI=1S/C17H24N4O4S2/c1-2-3-9-14(22)20-16(24)18-10-11-26-27-12-15(23)21-17(25)19-13-7-5-4-6-8-13/h4-8H,2-3,9-12H2,1H3,(H2,18,20,22,24)(H2,19,21,23,25). The van der Waals surface area contributed by atoms with Crippen molar-refractivity contribution < 1.29 is 19.2 Å². The molecule has 6 amide bonds. The summed E-state index contributed by atoms with van der Waals surface area (Å²) in [4.78, 5) is 46.1. The molecule has 0 heterocycles.